The maximum atomic E-state index is 12.1. The molecule has 1 aliphatic rings. The van der Waals surface area contributed by atoms with E-state index in [1.807, 2.05) is 24.3 Å². The molecule has 120 valence electrons. The number of anilines is 1. The summed E-state index contributed by atoms with van der Waals surface area (Å²) < 4.78 is 1.09. The van der Waals surface area contributed by atoms with Crippen LogP contribution in [0.25, 0.3) is 10.2 Å². The van der Waals surface area contributed by atoms with Crippen LogP contribution in [0.1, 0.15) is 12.8 Å². The zero-order valence-electron chi connectivity index (χ0n) is 12.3. The topological polar surface area (TPSA) is 71.2 Å². The number of piperidine rings is 1. The van der Waals surface area contributed by atoms with E-state index in [9.17, 15) is 4.79 Å². The highest BCUT2D eigenvalue weighted by atomic mass is 35.5. The monoisotopic (exact) mass is 340 g/mol. The summed E-state index contributed by atoms with van der Waals surface area (Å²) in [6.45, 7) is 3.10. The fraction of sp³-hybridized carbons (Fsp3) is 0.467. The predicted molar refractivity (Wildman–Crippen MR) is 93.7 cm³/mol. The molecular formula is C15H21ClN4OS. The highest BCUT2D eigenvalue weighted by Gasteiger charge is 2.20. The first-order valence-corrected chi connectivity index (χ1v) is 8.14. The van der Waals surface area contributed by atoms with Gasteiger partial charge >= 0.3 is 0 Å². The number of thiazole rings is 1. The molecule has 22 heavy (non-hydrogen) atoms. The number of hydrogen-bond acceptors (Lipinski definition) is 5. The number of likely N-dealkylation sites (tertiary alicyclic amines) is 1. The van der Waals surface area contributed by atoms with Crippen molar-refractivity contribution in [1.82, 2.24) is 9.88 Å². The van der Waals surface area contributed by atoms with Crippen LogP contribution in [-0.2, 0) is 4.79 Å². The molecule has 1 aromatic heterocycles. The van der Waals surface area contributed by atoms with Gasteiger partial charge in [0.2, 0.25) is 5.91 Å². The van der Waals surface area contributed by atoms with Gasteiger partial charge in [0.15, 0.2) is 5.13 Å². The third kappa shape index (κ3) is 4.16. The van der Waals surface area contributed by atoms with Crippen molar-refractivity contribution in [2.45, 2.75) is 12.8 Å². The predicted octanol–water partition coefficient (Wildman–Crippen LogP) is 2.33. The summed E-state index contributed by atoms with van der Waals surface area (Å²) in [5.74, 6) is 0.633. The standard InChI is InChI=1S/C15H20N4OS.ClH/c16-9-11-5-7-19(8-6-11)10-14(20)18-15-17-12-3-1-2-4-13(12)21-15;/h1-4,11H,5-10,16H2,(H,17,18,20);1H. The number of nitrogens with one attached hydrogen (secondary N) is 1. The molecule has 0 saturated carbocycles. The van der Waals surface area contributed by atoms with E-state index in [4.69, 9.17) is 5.73 Å². The number of nitrogens with two attached hydrogens (primary N) is 1. The Morgan fingerprint density at radius 2 is 2.09 bits per heavy atom. The largest absolute Gasteiger partial charge is 0.330 e. The molecule has 1 amide bonds. The van der Waals surface area contributed by atoms with Gasteiger partial charge < -0.3 is 11.1 Å². The summed E-state index contributed by atoms with van der Waals surface area (Å²) >= 11 is 1.51. The minimum Gasteiger partial charge on any atom is -0.330 e. The number of carbonyl (C=O) groups is 1. The van der Waals surface area contributed by atoms with Gasteiger partial charge in [-0.05, 0) is 50.5 Å². The molecule has 0 unspecified atom stereocenters. The smallest absolute Gasteiger partial charge is 0.240 e. The van der Waals surface area contributed by atoms with Crippen molar-refractivity contribution in [3.05, 3.63) is 24.3 Å². The number of amides is 1. The lowest BCUT2D eigenvalue weighted by atomic mass is 9.97. The molecule has 0 aliphatic carbocycles. The number of hydrogen-bond donors (Lipinski definition) is 2. The second kappa shape index (κ2) is 7.87. The van der Waals surface area contributed by atoms with Gasteiger partial charge in [-0.15, -0.1) is 12.4 Å². The summed E-state index contributed by atoms with van der Waals surface area (Å²) in [5, 5.41) is 3.58. The van der Waals surface area contributed by atoms with E-state index < -0.39 is 0 Å². The maximum Gasteiger partial charge on any atom is 0.240 e. The molecule has 1 saturated heterocycles. The first kappa shape index (κ1) is 17.1. The molecule has 1 fully saturated rings. The Morgan fingerprint density at radius 1 is 1.36 bits per heavy atom. The van der Waals surface area contributed by atoms with E-state index in [0.29, 0.717) is 17.6 Å². The van der Waals surface area contributed by atoms with Gasteiger partial charge in [0.05, 0.1) is 16.8 Å². The molecule has 2 aromatic rings. The van der Waals surface area contributed by atoms with Crippen LogP contribution in [-0.4, -0.2) is 42.0 Å². The number of fused-ring (bicyclic) bond motifs is 1. The summed E-state index contributed by atoms with van der Waals surface area (Å²) in [4.78, 5) is 18.7. The number of para-hydroxylation sites is 1. The highest BCUT2D eigenvalue weighted by Crippen LogP contribution is 2.25. The lowest BCUT2D eigenvalue weighted by Gasteiger charge is -2.30. The van der Waals surface area contributed by atoms with Gasteiger partial charge in [0.25, 0.3) is 0 Å². The molecule has 2 heterocycles. The lowest BCUT2D eigenvalue weighted by Crippen LogP contribution is -2.40. The normalized spacial score (nSPS) is 16.4. The number of halogens is 1. The summed E-state index contributed by atoms with van der Waals surface area (Å²) in [5.41, 5.74) is 6.62. The van der Waals surface area contributed by atoms with E-state index >= 15 is 0 Å². The van der Waals surface area contributed by atoms with Crippen molar-refractivity contribution in [2.75, 3.05) is 31.5 Å². The van der Waals surface area contributed by atoms with Crippen molar-refractivity contribution >= 4 is 45.0 Å². The van der Waals surface area contributed by atoms with E-state index in [1.54, 1.807) is 0 Å². The SMILES string of the molecule is Cl.NCC1CCN(CC(=O)Nc2nc3ccccc3s2)CC1. The van der Waals surface area contributed by atoms with Crippen LogP contribution in [0.4, 0.5) is 5.13 Å². The van der Waals surface area contributed by atoms with Crippen molar-refractivity contribution in [1.29, 1.82) is 0 Å². The molecule has 7 heteroatoms. The molecule has 0 spiro atoms. The molecular weight excluding hydrogens is 320 g/mol. The van der Waals surface area contributed by atoms with E-state index in [1.165, 1.54) is 11.3 Å². The fourth-order valence-electron chi connectivity index (χ4n) is 2.67. The Kier molecular flexibility index (Phi) is 6.14. The Hall–Kier alpha value is -1.21. The van der Waals surface area contributed by atoms with Crippen LogP contribution in [0.15, 0.2) is 24.3 Å². The number of aromatic nitrogens is 1. The van der Waals surface area contributed by atoms with Gasteiger partial charge in [0, 0.05) is 0 Å². The number of rotatable bonds is 4. The summed E-state index contributed by atoms with van der Waals surface area (Å²) in [7, 11) is 0. The minimum absolute atomic E-state index is 0. The van der Waals surface area contributed by atoms with Crippen molar-refractivity contribution in [3.63, 3.8) is 0 Å². The first-order chi connectivity index (χ1) is 10.2. The van der Waals surface area contributed by atoms with Gasteiger partial charge in [0.1, 0.15) is 0 Å². The first-order valence-electron chi connectivity index (χ1n) is 7.32. The van der Waals surface area contributed by atoms with Crippen LogP contribution in [0.2, 0.25) is 0 Å². The van der Waals surface area contributed by atoms with Gasteiger partial charge in [-0.2, -0.15) is 0 Å². The lowest BCUT2D eigenvalue weighted by molar-refractivity contribution is -0.117. The zero-order chi connectivity index (χ0) is 14.7. The van der Waals surface area contributed by atoms with E-state index in [-0.39, 0.29) is 18.3 Å². The second-order valence-corrected chi connectivity index (χ2v) is 6.52. The molecule has 1 aromatic carbocycles. The Labute approximate surface area is 140 Å². The summed E-state index contributed by atoms with van der Waals surface area (Å²) in [6.07, 6.45) is 2.18. The molecule has 3 rings (SSSR count). The number of benzene rings is 1. The van der Waals surface area contributed by atoms with Gasteiger partial charge in [-0.1, -0.05) is 23.5 Å². The summed E-state index contributed by atoms with van der Waals surface area (Å²) in [6, 6.07) is 7.91. The number of carbonyl (C=O) groups excluding carboxylic acids is 1. The van der Waals surface area contributed by atoms with Crippen LogP contribution in [0, 0.1) is 5.92 Å². The van der Waals surface area contributed by atoms with Gasteiger partial charge in [-0.25, -0.2) is 4.98 Å². The van der Waals surface area contributed by atoms with E-state index in [0.717, 1.165) is 42.7 Å². The van der Waals surface area contributed by atoms with Crippen LogP contribution in [0.3, 0.4) is 0 Å². The van der Waals surface area contributed by atoms with Gasteiger partial charge in [-0.3, -0.25) is 9.69 Å². The molecule has 0 radical (unpaired) electrons. The molecule has 0 bridgehead atoms. The van der Waals surface area contributed by atoms with Crippen LogP contribution in [0.5, 0.6) is 0 Å². The fourth-order valence-corrected chi connectivity index (χ4v) is 3.55. The van der Waals surface area contributed by atoms with Crippen LogP contribution >= 0.6 is 23.7 Å². The Balaban J connectivity index is 0.00000176. The van der Waals surface area contributed by atoms with Crippen molar-refractivity contribution in [3.8, 4) is 0 Å². The average Bonchev–Trinajstić information content (AvgIpc) is 2.90. The molecule has 0 atom stereocenters. The van der Waals surface area contributed by atoms with Crippen molar-refractivity contribution < 1.29 is 4.79 Å². The highest BCUT2D eigenvalue weighted by molar-refractivity contribution is 7.22. The van der Waals surface area contributed by atoms with Crippen molar-refractivity contribution in [2.24, 2.45) is 11.7 Å². The Morgan fingerprint density at radius 3 is 2.77 bits per heavy atom. The maximum absolute atomic E-state index is 12.1. The zero-order valence-corrected chi connectivity index (χ0v) is 14.0. The Bertz CT molecular complexity index is 592. The second-order valence-electron chi connectivity index (χ2n) is 5.49. The average molecular weight is 341 g/mol. The molecule has 3 N–H and O–H groups in total. The number of nitrogens with zero attached hydrogens (tertiary/aromatic N) is 2. The van der Waals surface area contributed by atoms with E-state index in [2.05, 4.69) is 15.2 Å². The minimum atomic E-state index is 0. The van der Waals surface area contributed by atoms with Crippen LogP contribution < -0.4 is 11.1 Å². The third-order valence-electron chi connectivity index (χ3n) is 3.95. The third-order valence-corrected chi connectivity index (χ3v) is 4.90. The quantitative estimate of drug-likeness (QED) is 0.896. The molecule has 5 nitrogen and oxygen atoms in total. The molecule has 1 aliphatic heterocycles.